The van der Waals surface area contributed by atoms with Crippen LogP contribution in [0.15, 0.2) is 42.5 Å². The largest absolute Gasteiger partial charge is 0.484 e. The highest BCUT2D eigenvalue weighted by molar-refractivity contribution is 5.78. The lowest BCUT2D eigenvalue weighted by Gasteiger charge is -2.11. The molecule has 6 nitrogen and oxygen atoms in total. The van der Waals surface area contributed by atoms with E-state index >= 15 is 0 Å². The lowest BCUT2D eigenvalue weighted by atomic mass is 10.1. The molecule has 0 aliphatic heterocycles. The summed E-state index contributed by atoms with van der Waals surface area (Å²) in [4.78, 5) is 23.5. The van der Waals surface area contributed by atoms with Gasteiger partial charge in [-0.1, -0.05) is 35.4 Å². The van der Waals surface area contributed by atoms with E-state index < -0.39 is 0 Å². The normalized spacial score (nSPS) is 10.2. The van der Waals surface area contributed by atoms with Crippen LogP contribution in [-0.2, 0) is 9.59 Å². The van der Waals surface area contributed by atoms with Crippen molar-refractivity contribution in [2.75, 3.05) is 26.3 Å². The minimum Gasteiger partial charge on any atom is -0.484 e. The average molecular weight is 370 g/mol. The molecule has 0 atom stereocenters. The van der Waals surface area contributed by atoms with E-state index in [0.29, 0.717) is 24.6 Å². The Morgan fingerprint density at radius 2 is 1.33 bits per heavy atom. The molecule has 0 saturated carbocycles. The summed E-state index contributed by atoms with van der Waals surface area (Å²) in [6.45, 7) is 6.45. The Hall–Kier alpha value is -3.02. The third-order valence-corrected chi connectivity index (χ3v) is 3.85. The first kappa shape index (κ1) is 20.3. The molecule has 2 aromatic rings. The second-order valence-electron chi connectivity index (χ2n) is 6.36. The van der Waals surface area contributed by atoms with E-state index in [1.807, 2.05) is 63.2 Å². The molecule has 0 bridgehead atoms. The molecule has 0 saturated heterocycles. The number of benzene rings is 2. The zero-order valence-electron chi connectivity index (χ0n) is 16.0. The van der Waals surface area contributed by atoms with Gasteiger partial charge in [-0.3, -0.25) is 9.59 Å². The molecule has 2 aromatic carbocycles. The second kappa shape index (κ2) is 10.2. The van der Waals surface area contributed by atoms with E-state index in [1.165, 1.54) is 0 Å². The van der Waals surface area contributed by atoms with E-state index in [-0.39, 0.29) is 25.0 Å². The Balaban J connectivity index is 1.58. The molecule has 0 fully saturated rings. The molecule has 0 heterocycles. The van der Waals surface area contributed by atoms with Crippen LogP contribution in [0.2, 0.25) is 0 Å². The Kier molecular flexibility index (Phi) is 7.67. The molecule has 2 rings (SSSR count). The molecule has 0 unspecified atom stereocenters. The van der Waals surface area contributed by atoms with Gasteiger partial charge in [0.25, 0.3) is 11.8 Å². The van der Waals surface area contributed by atoms with Crippen LogP contribution >= 0.6 is 0 Å². The van der Waals surface area contributed by atoms with Crippen molar-refractivity contribution in [2.24, 2.45) is 0 Å². The maximum atomic E-state index is 11.8. The van der Waals surface area contributed by atoms with E-state index in [1.54, 1.807) is 0 Å². The molecule has 2 N–H and O–H groups in total. The second-order valence-corrected chi connectivity index (χ2v) is 6.36. The number of amides is 2. The van der Waals surface area contributed by atoms with Gasteiger partial charge in [0.2, 0.25) is 0 Å². The zero-order chi connectivity index (χ0) is 19.6. The van der Waals surface area contributed by atoms with Gasteiger partial charge in [-0.15, -0.1) is 0 Å². The number of nitrogens with one attached hydrogen (secondary N) is 2. The van der Waals surface area contributed by atoms with Crippen LogP contribution in [0.1, 0.15) is 16.7 Å². The molecule has 27 heavy (non-hydrogen) atoms. The van der Waals surface area contributed by atoms with Gasteiger partial charge in [0.1, 0.15) is 11.5 Å². The van der Waals surface area contributed by atoms with Gasteiger partial charge in [0.05, 0.1) is 0 Å². The van der Waals surface area contributed by atoms with Crippen molar-refractivity contribution >= 4 is 11.8 Å². The van der Waals surface area contributed by atoms with Crippen molar-refractivity contribution in [2.45, 2.75) is 20.8 Å². The Morgan fingerprint density at radius 3 is 1.93 bits per heavy atom. The van der Waals surface area contributed by atoms with Crippen molar-refractivity contribution < 1.29 is 19.1 Å². The summed E-state index contributed by atoms with van der Waals surface area (Å²) in [7, 11) is 0. The molecule has 0 aromatic heterocycles. The lowest BCUT2D eigenvalue weighted by Crippen LogP contribution is -2.38. The highest BCUT2D eigenvalue weighted by atomic mass is 16.5. The third-order valence-electron chi connectivity index (χ3n) is 3.85. The molecular weight excluding hydrogens is 344 g/mol. The molecule has 0 spiro atoms. The van der Waals surface area contributed by atoms with Crippen LogP contribution in [0.5, 0.6) is 11.5 Å². The van der Waals surface area contributed by atoms with Gasteiger partial charge >= 0.3 is 0 Å². The van der Waals surface area contributed by atoms with Crippen molar-refractivity contribution in [3.05, 3.63) is 59.2 Å². The van der Waals surface area contributed by atoms with Gasteiger partial charge in [-0.2, -0.15) is 0 Å². The Labute approximate surface area is 159 Å². The van der Waals surface area contributed by atoms with Crippen molar-refractivity contribution in [3.8, 4) is 11.5 Å². The van der Waals surface area contributed by atoms with Crippen LogP contribution in [0.4, 0.5) is 0 Å². The maximum Gasteiger partial charge on any atom is 0.258 e. The molecule has 0 aliphatic carbocycles. The Bertz CT molecular complexity index is 772. The van der Waals surface area contributed by atoms with Crippen molar-refractivity contribution in [1.29, 1.82) is 0 Å². The van der Waals surface area contributed by atoms with Gasteiger partial charge in [0, 0.05) is 13.1 Å². The lowest BCUT2D eigenvalue weighted by molar-refractivity contribution is -0.124. The predicted octanol–water partition coefficient (Wildman–Crippen LogP) is 2.30. The average Bonchev–Trinajstić information content (AvgIpc) is 2.64. The topological polar surface area (TPSA) is 76.7 Å². The summed E-state index contributed by atoms with van der Waals surface area (Å²) in [6.07, 6.45) is 0. The summed E-state index contributed by atoms with van der Waals surface area (Å²) in [6, 6.07) is 13.3. The molecule has 2 amide bonds. The number of hydrogen-bond donors (Lipinski definition) is 2. The third kappa shape index (κ3) is 7.40. The summed E-state index contributed by atoms with van der Waals surface area (Å²) < 4.78 is 10.9. The SMILES string of the molecule is Cc1ccc(OCC(=O)NCCNC(=O)COc2ccc(C)cc2C)cc1. The summed E-state index contributed by atoms with van der Waals surface area (Å²) >= 11 is 0. The standard InChI is InChI=1S/C21H26N2O4/c1-15-4-7-18(8-5-15)26-13-20(24)22-10-11-23-21(25)14-27-19-9-6-16(2)12-17(19)3/h4-9,12H,10-11,13-14H2,1-3H3,(H,22,24)(H,23,25). The smallest absolute Gasteiger partial charge is 0.258 e. The fraction of sp³-hybridized carbons (Fsp3) is 0.333. The zero-order valence-corrected chi connectivity index (χ0v) is 16.0. The number of carbonyl (C=O) groups is 2. The molecule has 6 heteroatoms. The van der Waals surface area contributed by atoms with E-state index in [0.717, 1.165) is 16.7 Å². The van der Waals surface area contributed by atoms with Gasteiger partial charge in [-0.25, -0.2) is 0 Å². The summed E-state index contributed by atoms with van der Waals surface area (Å²) in [5.41, 5.74) is 3.26. The van der Waals surface area contributed by atoms with E-state index in [9.17, 15) is 9.59 Å². The van der Waals surface area contributed by atoms with Crippen LogP contribution in [0.3, 0.4) is 0 Å². The molecule has 0 aliphatic rings. The quantitative estimate of drug-likeness (QED) is 0.664. The van der Waals surface area contributed by atoms with Crippen LogP contribution < -0.4 is 20.1 Å². The number of ether oxygens (including phenoxy) is 2. The van der Waals surface area contributed by atoms with Crippen LogP contribution in [-0.4, -0.2) is 38.1 Å². The van der Waals surface area contributed by atoms with Crippen LogP contribution in [0.25, 0.3) is 0 Å². The first-order valence-electron chi connectivity index (χ1n) is 8.87. The van der Waals surface area contributed by atoms with Gasteiger partial charge in [-0.05, 0) is 44.5 Å². The summed E-state index contributed by atoms with van der Waals surface area (Å²) in [5, 5.41) is 5.39. The van der Waals surface area contributed by atoms with Crippen LogP contribution in [0, 0.1) is 20.8 Å². The molecular formula is C21H26N2O4. The van der Waals surface area contributed by atoms with Crippen molar-refractivity contribution in [3.63, 3.8) is 0 Å². The maximum absolute atomic E-state index is 11.8. The fourth-order valence-corrected chi connectivity index (χ4v) is 2.39. The number of hydrogen-bond acceptors (Lipinski definition) is 4. The first-order valence-corrected chi connectivity index (χ1v) is 8.87. The van der Waals surface area contributed by atoms with E-state index in [4.69, 9.17) is 9.47 Å². The monoisotopic (exact) mass is 370 g/mol. The van der Waals surface area contributed by atoms with Gasteiger partial charge < -0.3 is 20.1 Å². The van der Waals surface area contributed by atoms with Crippen molar-refractivity contribution in [1.82, 2.24) is 10.6 Å². The predicted molar refractivity (Wildman–Crippen MR) is 104 cm³/mol. The minimum atomic E-state index is -0.239. The number of carbonyl (C=O) groups excluding carboxylic acids is 2. The number of rotatable bonds is 9. The van der Waals surface area contributed by atoms with E-state index in [2.05, 4.69) is 10.6 Å². The molecule has 144 valence electrons. The molecule has 0 radical (unpaired) electrons. The Morgan fingerprint density at radius 1 is 0.778 bits per heavy atom. The minimum absolute atomic E-state index is 0.0611. The summed E-state index contributed by atoms with van der Waals surface area (Å²) in [5.74, 6) is 0.862. The highest BCUT2D eigenvalue weighted by Gasteiger charge is 2.06. The number of aryl methyl sites for hydroxylation is 3. The highest BCUT2D eigenvalue weighted by Crippen LogP contribution is 2.18. The fourth-order valence-electron chi connectivity index (χ4n) is 2.39. The first-order chi connectivity index (χ1) is 12.9. The van der Waals surface area contributed by atoms with Gasteiger partial charge in [0.15, 0.2) is 13.2 Å².